The van der Waals surface area contributed by atoms with Gasteiger partial charge in [0.15, 0.2) is 7.83 Å². The quantitative estimate of drug-likeness (QED) is 0.500. The maximum Gasteiger partial charge on any atom is 0.191 e. The molecular formula is C6H14OSi2. The third kappa shape index (κ3) is 1.77. The summed E-state index contributed by atoms with van der Waals surface area (Å²) in [6.45, 7) is 4.83. The molecule has 0 saturated carbocycles. The average molecular weight is 158 g/mol. The molecule has 1 fully saturated rings. The van der Waals surface area contributed by atoms with Gasteiger partial charge in [0.1, 0.15) is 0 Å². The smallest absolute Gasteiger partial charge is 0.191 e. The van der Waals surface area contributed by atoms with Gasteiger partial charge in [-0.15, -0.1) is 6.58 Å². The third-order valence-electron chi connectivity index (χ3n) is 1.93. The summed E-state index contributed by atoms with van der Waals surface area (Å²) in [6.07, 6.45) is 2.65. The van der Waals surface area contributed by atoms with Crippen LogP contribution in [0.5, 0.6) is 0 Å². The molecule has 0 aliphatic carbocycles. The molecule has 0 N–H and O–H groups in total. The fourth-order valence-electron chi connectivity index (χ4n) is 1.12. The molecule has 1 unspecified atom stereocenters. The molecule has 0 amide bonds. The fourth-order valence-corrected chi connectivity index (χ4v) is 4.82. The topological polar surface area (TPSA) is 9.23 Å². The second-order valence-corrected chi connectivity index (χ2v) is 11.7. The SMILES string of the molecule is C=C[Si]1([SiH3])CCCCO1. The highest BCUT2D eigenvalue weighted by molar-refractivity contribution is 7.16. The first kappa shape index (κ1) is 7.24. The lowest BCUT2D eigenvalue weighted by molar-refractivity contribution is 0.287. The van der Waals surface area contributed by atoms with E-state index < -0.39 is 7.83 Å². The minimum atomic E-state index is -1.21. The van der Waals surface area contributed by atoms with Crippen LogP contribution in [-0.2, 0) is 4.43 Å². The van der Waals surface area contributed by atoms with Gasteiger partial charge < -0.3 is 4.43 Å². The van der Waals surface area contributed by atoms with Crippen LogP contribution in [0.3, 0.4) is 0 Å². The maximum absolute atomic E-state index is 5.70. The summed E-state index contributed by atoms with van der Waals surface area (Å²) < 4.78 is 5.70. The highest BCUT2D eigenvalue weighted by Gasteiger charge is 2.26. The Hall–Kier alpha value is 0.134. The first-order valence-electron chi connectivity index (χ1n) is 3.54. The summed E-state index contributed by atoms with van der Waals surface area (Å²) >= 11 is 0. The van der Waals surface area contributed by atoms with Gasteiger partial charge in [0, 0.05) is 16.4 Å². The van der Waals surface area contributed by atoms with Crippen molar-refractivity contribution in [2.24, 2.45) is 0 Å². The van der Waals surface area contributed by atoms with E-state index in [-0.39, 0.29) is 0 Å². The average Bonchev–Trinajstić information content (AvgIpc) is 1.90. The number of hydrogen-bond acceptors (Lipinski definition) is 1. The summed E-state index contributed by atoms with van der Waals surface area (Å²) in [5, 5.41) is 0. The molecule has 1 aliphatic heterocycles. The van der Waals surface area contributed by atoms with Gasteiger partial charge in [0.2, 0.25) is 0 Å². The molecule has 1 atom stereocenters. The van der Waals surface area contributed by atoms with Gasteiger partial charge in [0.25, 0.3) is 0 Å². The zero-order valence-electron chi connectivity index (χ0n) is 6.02. The molecular weight excluding hydrogens is 144 g/mol. The second kappa shape index (κ2) is 2.81. The van der Waals surface area contributed by atoms with Crippen molar-refractivity contribution in [3.63, 3.8) is 0 Å². The lowest BCUT2D eigenvalue weighted by Gasteiger charge is -2.28. The molecule has 3 heteroatoms. The van der Waals surface area contributed by atoms with Crippen LogP contribution < -0.4 is 0 Å². The van der Waals surface area contributed by atoms with E-state index in [1.165, 1.54) is 28.6 Å². The zero-order chi connectivity index (χ0) is 6.74. The van der Waals surface area contributed by atoms with Crippen LogP contribution in [-0.4, -0.2) is 24.2 Å². The Balaban J connectivity index is 2.46. The molecule has 1 nitrogen and oxygen atoms in total. The van der Waals surface area contributed by atoms with Gasteiger partial charge in [-0.3, -0.25) is 0 Å². The highest BCUT2D eigenvalue weighted by atomic mass is 29.2. The van der Waals surface area contributed by atoms with Crippen molar-refractivity contribution in [3.05, 3.63) is 12.3 Å². The summed E-state index contributed by atoms with van der Waals surface area (Å²) in [6, 6.07) is 1.34. The van der Waals surface area contributed by atoms with Crippen LogP contribution in [0, 0.1) is 0 Å². The molecule has 1 aliphatic rings. The lowest BCUT2D eigenvalue weighted by atomic mass is 10.4. The van der Waals surface area contributed by atoms with Gasteiger partial charge in [-0.1, -0.05) is 12.1 Å². The second-order valence-electron chi connectivity index (χ2n) is 2.82. The van der Waals surface area contributed by atoms with Crippen LogP contribution in [0.4, 0.5) is 0 Å². The van der Waals surface area contributed by atoms with Crippen LogP contribution in [0.1, 0.15) is 12.8 Å². The van der Waals surface area contributed by atoms with E-state index in [0.29, 0.717) is 0 Å². The minimum absolute atomic E-state index is 1.00. The molecule has 52 valence electrons. The number of rotatable bonds is 1. The van der Waals surface area contributed by atoms with E-state index in [0.717, 1.165) is 6.61 Å². The van der Waals surface area contributed by atoms with Gasteiger partial charge in [-0.05, 0) is 12.5 Å². The van der Waals surface area contributed by atoms with Crippen molar-refractivity contribution >= 4 is 17.6 Å². The standard InChI is InChI=1S/C6H14OSi2/c1-2-9(8)6-4-3-5-7-9/h2H,1,3-6H2,8H3. The van der Waals surface area contributed by atoms with Crippen molar-refractivity contribution < 1.29 is 4.43 Å². The van der Waals surface area contributed by atoms with Crippen LogP contribution >= 0.6 is 0 Å². The van der Waals surface area contributed by atoms with Gasteiger partial charge >= 0.3 is 0 Å². The first-order chi connectivity index (χ1) is 4.27. The Labute approximate surface area is 60.4 Å². The number of hydrogen-bond donors (Lipinski definition) is 0. The summed E-state index contributed by atoms with van der Waals surface area (Å²) in [4.78, 5) is 0. The summed E-state index contributed by atoms with van der Waals surface area (Å²) in [5.41, 5.74) is 2.11. The lowest BCUT2D eigenvalue weighted by Crippen LogP contribution is -2.40. The van der Waals surface area contributed by atoms with Gasteiger partial charge in [-0.2, -0.15) is 0 Å². The van der Waals surface area contributed by atoms with Gasteiger partial charge in [-0.25, -0.2) is 0 Å². The van der Waals surface area contributed by atoms with Crippen molar-refractivity contribution in [2.45, 2.75) is 18.9 Å². The Morgan fingerprint density at radius 1 is 1.56 bits per heavy atom. The van der Waals surface area contributed by atoms with E-state index in [4.69, 9.17) is 4.43 Å². The Morgan fingerprint density at radius 2 is 2.33 bits per heavy atom. The first-order valence-corrected chi connectivity index (χ1v) is 9.24. The molecule has 0 radical (unpaired) electrons. The molecule has 1 rings (SSSR count). The largest absolute Gasteiger partial charge is 0.417 e. The van der Waals surface area contributed by atoms with Crippen molar-refractivity contribution in [1.82, 2.24) is 0 Å². The van der Waals surface area contributed by atoms with Crippen LogP contribution in [0.15, 0.2) is 12.3 Å². The maximum atomic E-state index is 5.70. The molecule has 1 saturated heterocycles. The molecule has 1 heterocycles. The Bertz CT molecular complexity index is 108. The van der Waals surface area contributed by atoms with E-state index in [1.54, 1.807) is 0 Å². The molecule has 0 aromatic carbocycles. The van der Waals surface area contributed by atoms with Crippen molar-refractivity contribution in [2.75, 3.05) is 6.61 Å². The van der Waals surface area contributed by atoms with Crippen molar-refractivity contribution in [3.8, 4) is 0 Å². The monoisotopic (exact) mass is 158 g/mol. The van der Waals surface area contributed by atoms with E-state index in [9.17, 15) is 0 Å². The minimum Gasteiger partial charge on any atom is -0.417 e. The normalized spacial score (nSPS) is 36.4. The molecule has 0 aromatic heterocycles. The predicted molar refractivity (Wildman–Crippen MR) is 45.9 cm³/mol. The molecule has 0 spiro atoms. The van der Waals surface area contributed by atoms with Gasteiger partial charge in [0.05, 0.1) is 0 Å². The van der Waals surface area contributed by atoms with E-state index in [2.05, 4.69) is 12.3 Å². The molecule has 9 heavy (non-hydrogen) atoms. The highest BCUT2D eigenvalue weighted by Crippen LogP contribution is 2.18. The van der Waals surface area contributed by atoms with E-state index in [1.807, 2.05) is 0 Å². The van der Waals surface area contributed by atoms with E-state index >= 15 is 0 Å². The molecule has 0 bridgehead atoms. The summed E-state index contributed by atoms with van der Waals surface area (Å²) in [5.74, 6) is 0. The fraction of sp³-hybridized carbons (Fsp3) is 0.667. The van der Waals surface area contributed by atoms with Crippen LogP contribution in [0.2, 0.25) is 6.04 Å². The Morgan fingerprint density at radius 3 is 2.67 bits per heavy atom. The predicted octanol–water partition coefficient (Wildman–Crippen LogP) is 0.330. The molecule has 0 aromatic rings. The van der Waals surface area contributed by atoms with Crippen molar-refractivity contribution in [1.29, 1.82) is 0 Å². The third-order valence-corrected chi connectivity index (χ3v) is 8.60. The zero-order valence-corrected chi connectivity index (χ0v) is 9.02. The summed E-state index contributed by atoms with van der Waals surface area (Å²) in [7, 11) is 0.0215. The van der Waals surface area contributed by atoms with Crippen LogP contribution in [0.25, 0.3) is 0 Å². The Kier molecular flexibility index (Phi) is 2.26.